The van der Waals surface area contributed by atoms with Gasteiger partial charge in [-0.1, -0.05) is 29.8 Å². The third kappa shape index (κ3) is 6.62. The number of hydrogen-bond acceptors (Lipinski definition) is 5. The van der Waals surface area contributed by atoms with Crippen molar-refractivity contribution in [2.75, 3.05) is 5.32 Å². The number of alkyl halides is 2. The van der Waals surface area contributed by atoms with Crippen LogP contribution in [0.25, 0.3) is 11.3 Å². The first-order valence-electron chi connectivity index (χ1n) is 11.1. The maximum Gasteiger partial charge on any atom is 0.387 e. The molecule has 2 heterocycles. The van der Waals surface area contributed by atoms with Crippen molar-refractivity contribution < 1.29 is 13.5 Å². The average molecular weight is 473 g/mol. The summed E-state index contributed by atoms with van der Waals surface area (Å²) in [4.78, 5) is 9.23. The third-order valence-corrected chi connectivity index (χ3v) is 6.22. The Hall–Kier alpha value is -2.77. The minimum absolute atomic E-state index is 0.127. The molecular weight excluding hydrogens is 446 g/mol. The van der Waals surface area contributed by atoms with Crippen LogP contribution in [0.15, 0.2) is 54.7 Å². The molecule has 0 saturated heterocycles. The van der Waals surface area contributed by atoms with Crippen molar-refractivity contribution in [3.8, 4) is 17.0 Å². The average Bonchev–Trinajstić information content (AvgIpc) is 2.80. The van der Waals surface area contributed by atoms with Crippen LogP contribution in [0.2, 0.25) is 5.02 Å². The molecule has 0 aliphatic heterocycles. The number of ether oxygens (including phenoxy) is 1. The highest BCUT2D eigenvalue weighted by molar-refractivity contribution is 6.33. The van der Waals surface area contributed by atoms with Crippen LogP contribution in [0.5, 0.6) is 5.75 Å². The number of nitrogens with one attached hydrogen (secondary N) is 1. The first-order chi connectivity index (χ1) is 16.0. The van der Waals surface area contributed by atoms with Gasteiger partial charge in [0.2, 0.25) is 0 Å². The van der Waals surface area contributed by atoms with Gasteiger partial charge >= 0.3 is 6.61 Å². The van der Waals surface area contributed by atoms with Gasteiger partial charge in [-0.25, -0.2) is 4.98 Å². The van der Waals surface area contributed by atoms with Gasteiger partial charge < -0.3 is 15.8 Å². The summed E-state index contributed by atoms with van der Waals surface area (Å²) in [6, 6.07) is 14.6. The predicted octanol–water partition coefficient (Wildman–Crippen LogP) is 6.07. The second-order valence-corrected chi connectivity index (χ2v) is 8.84. The number of rotatable bonds is 8. The fourth-order valence-electron chi connectivity index (χ4n) is 4.19. The summed E-state index contributed by atoms with van der Waals surface area (Å²) in [5.41, 5.74) is 9.42. The van der Waals surface area contributed by atoms with Gasteiger partial charge in [-0.15, -0.1) is 0 Å². The number of aromatic nitrogens is 2. The van der Waals surface area contributed by atoms with E-state index in [2.05, 4.69) is 15.0 Å². The Bertz CT molecular complexity index is 1070. The van der Waals surface area contributed by atoms with Crippen LogP contribution in [-0.4, -0.2) is 22.6 Å². The molecule has 3 aromatic rings. The van der Waals surface area contributed by atoms with Gasteiger partial charge in [-0.3, -0.25) is 4.98 Å². The normalized spacial score (nSPS) is 18.3. The molecule has 5 nitrogen and oxygen atoms in total. The lowest BCUT2D eigenvalue weighted by Crippen LogP contribution is -2.27. The van der Waals surface area contributed by atoms with Crippen molar-refractivity contribution in [2.45, 2.75) is 51.3 Å². The summed E-state index contributed by atoms with van der Waals surface area (Å²) in [5.74, 6) is 1.38. The quantitative estimate of drug-likeness (QED) is 0.416. The molecule has 3 N–H and O–H groups in total. The van der Waals surface area contributed by atoms with Crippen LogP contribution in [-0.2, 0) is 13.0 Å². The standard InChI is InChI=1S/C25H27ClF2N4O/c26-22-15-30-19(11-16-7-9-18(29)10-8-16)13-21(22)23-5-2-6-24(32-23)31-14-17-3-1-4-20(12-17)33-25(27)28/h1-6,12-13,15-16,18,25H,7-11,14,29H2,(H,31,32). The molecule has 0 unspecified atom stereocenters. The molecule has 1 aliphatic rings. The van der Waals surface area contributed by atoms with Gasteiger partial charge in [-0.2, -0.15) is 8.78 Å². The molecule has 0 spiro atoms. The Morgan fingerprint density at radius 1 is 1.09 bits per heavy atom. The monoisotopic (exact) mass is 472 g/mol. The first-order valence-corrected chi connectivity index (χ1v) is 11.5. The van der Waals surface area contributed by atoms with Crippen LogP contribution in [0.3, 0.4) is 0 Å². The van der Waals surface area contributed by atoms with Crippen LogP contribution in [0, 0.1) is 5.92 Å². The number of hydrogen-bond donors (Lipinski definition) is 2. The Balaban J connectivity index is 1.45. The lowest BCUT2D eigenvalue weighted by Gasteiger charge is -2.25. The Morgan fingerprint density at radius 3 is 2.67 bits per heavy atom. The van der Waals surface area contributed by atoms with E-state index in [4.69, 9.17) is 22.3 Å². The van der Waals surface area contributed by atoms with Gasteiger partial charge in [0.25, 0.3) is 0 Å². The zero-order chi connectivity index (χ0) is 23.2. The zero-order valence-electron chi connectivity index (χ0n) is 18.2. The number of nitrogens with zero attached hydrogens (tertiary/aromatic N) is 2. The van der Waals surface area contributed by atoms with Crippen molar-refractivity contribution in [3.63, 3.8) is 0 Å². The molecule has 1 aliphatic carbocycles. The Morgan fingerprint density at radius 2 is 1.88 bits per heavy atom. The summed E-state index contributed by atoms with van der Waals surface area (Å²) in [5, 5.41) is 3.78. The maximum atomic E-state index is 12.4. The fraction of sp³-hybridized carbons (Fsp3) is 0.360. The minimum atomic E-state index is -2.85. The van der Waals surface area contributed by atoms with E-state index in [-0.39, 0.29) is 5.75 Å². The molecule has 174 valence electrons. The van der Waals surface area contributed by atoms with Crippen molar-refractivity contribution in [2.24, 2.45) is 11.7 Å². The van der Waals surface area contributed by atoms with Crippen molar-refractivity contribution in [1.29, 1.82) is 0 Å². The van der Waals surface area contributed by atoms with Gasteiger partial charge in [0.1, 0.15) is 11.6 Å². The van der Waals surface area contributed by atoms with Crippen molar-refractivity contribution in [1.82, 2.24) is 9.97 Å². The molecule has 0 atom stereocenters. The van der Waals surface area contributed by atoms with E-state index in [0.29, 0.717) is 29.3 Å². The first kappa shape index (κ1) is 23.4. The number of pyridine rings is 2. The van der Waals surface area contributed by atoms with E-state index in [9.17, 15) is 8.78 Å². The van der Waals surface area contributed by atoms with E-state index in [1.165, 1.54) is 6.07 Å². The van der Waals surface area contributed by atoms with Gasteiger partial charge in [-0.05, 0) is 73.9 Å². The second kappa shape index (κ2) is 10.9. The van der Waals surface area contributed by atoms with E-state index in [1.807, 2.05) is 30.3 Å². The molecular formula is C25H27ClF2N4O. The minimum Gasteiger partial charge on any atom is -0.435 e. The molecule has 1 fully saturated rings. The molecule has 0 radical (unpaired) electrons. The Kier molecular flexibility index (Phi) is 7.73. The van der Waals surface area contributed by atoms with E-state index < -0.39 is 6.61 Å². The molecule has 1 saturated carbocycles. The molecule has 4 rings (SSSR count). The number of benzene rings is 1. The predicted molar refractivity (Wildman–Crippen MR) is 127 cm³/mol. The SMILES string of the molecule is NC1CCC(Cc2cc(-c3cccc(NCc4cccc(OC(F)F)c4)n3)c(Cl)cn2)CC1. The highest BCUT2D eigenvalue weighted by Crippen LogP contribution is 2.31. The lowest BCUT2D eigenvalue weighted by atomic mass is 9.83. The molecule has 33 heavy (non-hydrogen) atoms. The van der Waals surface area contributed by atoms with Crippen LogP contribution >= 0.6 is 11.6 Å². The van der Waals surface area contributed by atoms with E-state index in [1.54, 1.807) is 18.3 Å². The number of halogens is 3. The summed E-state index contributed by atoms with van der Waals surface area (Å²) in [6.07, 6.45) is 6.99. The van der Waals surface area contributed by atoms with E-state index in [0.717, 1.165) is 54.6 Å². The molecule has 0 bridgehead atoms. The zero-order valence-corrected chi connectivity index (χ0v) is 18.9. The summed E-state index contributed by atoms with van der Waals surface area (Å²) in [7, 11) is 0. The topological polar surface area (TPSA) is 73.1 Å². The smallest absolute Gasteiger partial charge is 0.387 e. The van der Waals surface area contributed by atoms with E-state index >= 15 is 0 Å². The second-order valence-electron chi connectivity index (χ2n) is 8.43. The summed E-state index contributed by atoms with van der Waals surface area (Å²) >= 11 is 6.46. The third-order valence-electron chi connectivity index (χ3n) is 5.92. The van der Waals surface area contributed by atoms with Gasteiger partial charge in [0, 0.05) is 30.0 Å². The lowest BCUT2D eigenvalue weighted by molar-refractivity contribution is -0.0498. The fourth-order valence-corrected chi connectivity index (χ4v) is 4.39. The van der Waals surface area contributed by atoms with Crippen molar-refractivity contribution in [3.05, 3.63) is 71.0 Å². The number of anilines is 1. The number of nitrogens with two attached hydrogens (primary N) is 1. The molecule has 8 heteroatoms. The molecule has 0 amide bonds. The van der Waals surface area contributed by atoms with Crippen LogP contribution in [0.1, 0.15) is 36.9 Å². The highest BCUT2D eigenvalue weighted by Gasteiger charge is 2.20. The molecule has 1 aromatic carbocycles. The summed E-state index contributed by atoms with van der Waals surface area (Å²) in [6.45, 7) is -2.44. The van der Waals surface area contributed by atoms with Crippen molar-refractivity contribution >= 4 is 17.4 Å². The highest BCUT2D eigenvalue weighted by atomic mass is 35.5. The van der Waals surface area contributed by atoms with Gasteiger partial charge in [0.05, 0.1) is 10.7 Å². The van der Waals surface area contributed by atoms with Crippen LogP contribution < -0.4 is 15.8 Å². The van der Waals surface area contributed by atoms with Crippen LogP contribution in [0.4, 0.5) is 14.6 Å². The van der Waals surface area contributed by atoms with Gasteiger partial charge in [0.15, 0.2) is 0 Å². The largest absolute Gasteiger partial charge is 0.435 e. The summed E-state index contributed by atoms with van der Waals surface area (Å²) < 4.78 is 29.4. The maximum absolute atomic E-state index is 12.4. The molecule has 2 aromatic heterocycles. The Labute approximate surface area is 197 Å².